The summed E-state index contributed by atoms with van der Waals surface area (Å²) in [6.45, 7) is 6.74. The third-order valence-electron chi connectivity index (χ3n) is 2.11. The second-order valence-electron chi connectivity index (χ2n) is 3.85. The van der Waals surface area contributed by atoms with Crippen molar-refractivity contribution >= 4 is 17.6 Å². The van der Waals surface area contributed by atoms with Gasteiger partial charge in [0.2, 0.25) is 0 Å². The molecule has 16 heavy (non-hydrogen) atoms. The van der Waals surface area contributed by atoms with E-state index in [4.69, 9.17) is 16.3 Å². The molecule has 0 saturated carbocycles. The smallest absolute Gasteiger partial charge is 0.344 e. The zero-order chi connectivity index (χ0) is 12.5. The number of nitrogens with one attached hydrogen (secondary N) is 1. The van der Waals surface area contributed by atoms with Crippen LogP contribution in [0.5, 0.6) is 0 Å². The molecule has 1 N–H and O–H groups in total. The minimum absolute atomic E-state index is 0.0238. The maximum Gasteiger partial charge on any atom is 0.344 e. The lowest BCUT2D eigenvalue weighted by Crippen LogP contribution is -2.24. The second-order valence-corrected chi connectivity index (χ2v) is 4.23. The van der Waals surface area contributed by atoms with Gasteiger partial charge in [0.15, 0.2) is 0 Å². The van der Waals surface area contributed by atoms with Crippen LogP contribution in [0.1, 0.15) is 35.5 Å². The Morgan fingerprint density at radius 2 is 1.94 bits per heavy atom. The van der Waals surface area contributed by atoms with Gasteiger partial charge in [-0.2, -0.15) is 0 Å². The van der Waals surface area contributed by atoms with Gasteiger partial charge in [-0.1, -0.05) is 11.6 Å². The maximum atomic E-state index is 11.7. The largest absolute Gasteiger partial charge is 0.459 e. The number of ether oxygens (including phenoxy) is 1. The Hall–Kier alpha value is -1.29. The average molecular weight is 244 g/mol. The average Bonchev–Trinajstić information content (AvgIpc) is 2.13. The molecule has 0 radical (unpaired) electrons. The van der Waals surface area contributed by atoms with Crippen molar-refractivity contribution in [3.8, 4) is 0 Å². The van der Waals surface area contributed by atoms with Crippen molar-refractivity contribution in [1.29, 1.82) is 0 Å². The molecule has 0 unspecified atom stereocenters. The highest BCUT2D eigenvalue weighted by atomic mass is 35.5. The fourth-order valence-corrected chi connectivity index (χ4v) is 1.51. The molecular formula is C11H14ClNO3. The van der Waals surface area contributed by atoms with Gasteiger partial charge in [0.1, 0.15) is 5.56 Å². The lowest BCUT2D eigenvalue weighted by atomic mass is 10.1. The third-order valence-corrected chi connectivity index (χ3v) is 2.68. The zero-order valence-electron chi connectivity index (χ0n) is 9.68. The van der Waals surface area contributed by atoms with Crippen LogP contribution in [0.25, 0.3) is 0 Å². The van der Waals surface area contributed by atoms with Crippen molar-refractivity contribution in [1.82, 2.24) is 4.98 Å². The van der Waals surface area contributed by atoms with Crippen LogP contribution in [0, 0.1) is 13.8 Å². The number of halogens is 1. The summed E-state index contributed by atoms with van der Waals surface area (Å²) >= 11 is 5.96. The first-order valence-electron chi connectivity index (χ1n) is 4.94. The highest BCUT2D eigenvalue weighted by Crippen LogP contribution is 2.19. The van der Waals surface area contributed by atoms with Crippen molar-refractivity contribution < 1.29 is 9.53 Å². The molecule has 0 aliphatic rings. The summed E-state index contributed by atoms with van der Waals surface area (Å²) in [6.07, 6.45) is -0.272. The van der Waals surface area contributed by atoms with E-state index < -0.39 is 11.5 Å². The zero-order valence-corrected chi connectivity index (χ0v) is 10.4. The molecule has 0 amide bonds. The summed E-state index contributed by atoms with van der Waals surface area (Å²) in [6, 6.07) is 0. The summed E-state index contributed by atoms with van der Waals surface area (Å²) in [5.74, 6) is -0.643. The van der Waals surface area contributed by atoms with Gasteiger partial charge in [-0.3, -0.25) is 4.79 Å². The summed E-state index contributed by atoms with van der Waals surface area (Å²) in [7, 11) is 0. The highest BCUT2D eigenvalue weighted by Gasteiger charge is 2.19. The molecule has 0 spiro atoms. The molecule has 1 heterocycles. The topological polar surface area (TPSA) is 59.2 Å². The lowest BCUT2D eigenvalue weighted by Gasteiger charge is -2.10. The van der Waals surface area contributed by atoms with Gasteiger partial charge >= 0.3 is 5.97 Å². The number of H-pyrrole nitrogens is 1. The van der Waals surface area contributed by atoms with Crippen molar-refractivity contribution in [2.75, 3.05) is 0 Å². The van der Waals surface area contributed by atoms with Crippen LogP contribution in [0.4, 0.5) is 0 Å². The summed E-state index contributed by atoms with van der Waals surface area (Å²) in [4.78, 5) is 25.8. The summed E-state index contributed by atoms with van der Waals surface area (Å²) in [5.41, 5.74) is 0.508. The third kappa shape index (κ3) is 2.44. The normalized spacial score (nSPS) is 10.6. The molecule has 0 fully saturated rings. The van der Waals surface area contributed by atoms with E-state index in [1.54, 1.807) is 27.7 Å². The molecule has 0 aromatic carbocycles. The van der Waals surface area contributed by atoms with E-state index in [1.807, 2.05) is 0 Å². The first-order valence-corrected chi connectivity index (χ1v) is 5.32. The van der Waals surface area contributed by atoms with Gasteiger partial charge in [0.05, 0.1) is 11.1 Å². The van der Waals surface area contributed by atoms with E-state index in [-0.39, 0.29) is 11.7 Å². The van der Waals surface area contributed by atoms with E-state index in [0.29, 0.717) is 16.3 Å². The number of carbonyl (C=O) groups excluding carboxylic acids is 1. The van der Waals surface area contributed by atoms with Gasteiger partial charge < -0.3 is 9.72 Å². The van der Waals surface area contributed by atoms with Crippen LogP contribution in [0.15, 0.2) is 4.79 Å². The van der Waals surface area contributed by atoms with Crippen LogP contribution >= 0.6 is 11.6 Å². The van der Waals surface area contributed by atoms with Crippen molar-refractivity contribution in [2.45, 2.75) is 33.8 Å². The predicted octanol–water partition coefficient (Wildman–Crippen LogP) is 2.21. The molecule has 0 bridgehead atoms. The van der Waals surface area contributed by atoms with Crippen LogP contribution in [0.3, 0.4) is 0 Å². The van der Waals surface area contributed by atoms with Crippen molar-refractivity contribution in [3.05, 3.63) is 32.2 Å². The molecule has 0 atom stereocenters. The Morgan fingerprint density at radius 3 is 2.44 bits per heavy atom. The van der Waals surface area contributed by atoms with Crippen molar-refractivity contribution in [3.63, 3.8) is 0 Å². The monoisotopic (exact) mass is 243 g/mol. The molecule has 88 valence electrons. The van der Waals surface area contributed by atoms with Gasteiger partial charge in [0.25, 0.3) is 5.56 Å². The second kappa shape index (κ2) is 4.70. The molecule has 0 aliphatic heterocycles. The fourth-order valence-electron chi connectivity index (χ4n) is 1.37. The molecule has 1 rings (SSSR count). The lowest BCUT2D eigenvalue weighted by molar-refractivity contribution is 0.0375. The fraction of sp³-hybridized carbons (Fsp3) is 0.455. The Kier molecular flexibility index (Phi) is 3.75. The number of esters is 1. The van der Waals surface area contributed by atoms with E-state index in [2.05, 4.69) is 4.98 Å². The van der Waals surface area contributed by atoms with Gasteiger partial charge in [-0.25, -0.2) is 4.79 Å². The van der Waals surface area contributed by atoms with E-state index >= 15 is 0 Å². The van der Waals surface area contributed by atoms with Gasteiger partial charge in [-0.05, 0) is 33.3 Å². The molecule has 0 saturated heterocycles. The van der Waals surface area contributed by atoms with Gasteiger partial charge in [-0.15, -0.1) is 0 Å². The van der Waals surface area contributed by atoms with E-state index in [9.17, 15) is 9.59 Å². The standard InChI is InChI=1S/C11H14ClNO3/c1-5(2)16-11(15)8-6(3)9(12)7(4)13-10(8)14/h5H,1-4H3,(H,13,14). The number of pyridine rings is 1. The van der Waals surface area contributed by atoms with Crippen LogP contribution in [-0.2, 0) is 4.74 Å². The van der Waals surface area contributed by atoms with Crippen LogP contribution < -0.4 is 5.56 Å². The first-order chi connectivity index (χ1) is 7.34. The van der Waals surface area contributed by atoms with Crippen molar-refractivity contribution in [2.24, 2.45) is 0 Å². The number of hydrogen-bond donors (Lipinski definition) is 1. The van der Waals surface area contributed by atoms with Crippen LogP contribution in [-0.4, -0.2) is 17.1 Å². The van der Waals surface area contributed by atoms with E-state index in [1.165, 1.54) is 0 Å². The quantitative estimate of drug-likeness (QED) is 0.811. The Balaban J connectivity index is 3.29. The summed E-state index contributed by atoms with van der Waals surface area (Å²) < 4.78 is 4.98. The minimum Gasteiger partial charge on any atom is -0.459 e. The number of aryl methyl sites for hydroxylation is 1. The number of aromatic amines is 1. The minimum atomic E-state index is -0.643. The number of rotatable bonds is 2. The molecule has 1 aromatic heterocycles. The molecule has 4 nitrogen and oxygen atoms in total. The molecule has 1 aromatic rings. The first kappa shape index (κ1) is 12.8. The Bertz CT molecular complexity index is 477. The summed E-state index contributed by atoms with van der Waals surface area (Å²) in [5, 5.41) is 0.385. The van der Waals surface area contributed by atoms with Gasteiger partial charge in [0, 0.05) is 5.69 Å². The molecule has 0 aliphatic carbocycles. The molecular weight excluding hydrogens is 230 g/mol. The SMILES string of the molecule is Cc1[nH]c(=O)c(C(=O)OC(C)C)c(C)c1Cl. The number of hydrogen-bond acceptors (Lipinski definition) is 3. The van der Waals surface area contributed by atoms with Crippen LogP contribution in [0.2, 0.25) is 5.02 Å². The number of carbonyl (C=O) groups is 1. The molecule has 5 heteroatoms. The maximum absolute atomic E-state index is 11.7. The van der Waals surface area contributed by atoms with E-state index in [0.717, 1.165) is 0 Å². The number of aromatic nitrogens is 1. The highest BCUT2D eigenvalue weighted by molar-refractivity contribution is 6.32. The predicted molar refractivity (Wildman–Crippen MR) is 62.1 cm³/mol. The Labute approximate surface area is 98.6 Å². The Morgan fingerprint density at radius 1 is 1.38 bits per heavy atom.